The standard InChI is InChI=1S/C20H17N3O6S/c1-29-15-5-2-4-13(12-15)22-20(24)19-17(21)6-3-7-18(19)30(27,28)16-10-8-14(9-11-16)23(25)26/h2-12H,21H2,1H3,(H,22,24). The van der Waals surface area contributed by atoms with E-state index >= 15 is 0 Å². The number of benzene rings is 3. The molecule has 3 rings (SSSR count). The quantitative estimate of drug-likeness (QED) is 0.349. The number of anilines is 2. The van der Waals surface area contributed by atoms with E-state index in [2.05, 4.69) is 5.32 Å². The van der Waals surface area contributed by atoms with Gasteiger partial charge in [-0.2, -0.15) is 0 Å². The van der Waals surface area contributed by atoms with Crippen molar-refractivity contribution < 1.29 is 22.9 Å². The van der Waals surface area contributed by atoms with Crippen molar-refractivity contribution >= 4 is 32.8 Å². The second kappa shape index (κ2) is 8.21. The summed E-state index contributed by atoms with van der Waals surface area (Å²) in [6.07, 6.45) is 0. The van der Waals surface area contributed by atoms with Crippen LogP contribution in [0.15, 0.2) is 76.5 Å². The Balaban J connectivity index is 2.03. The zero-order valence-corrected chi connectivity index (χ0v) is 16.5. The number of carbonyl (C=O) groups excluding carboxylic acids is 1. The molecule has 154 valence electrons. The second-order valence-corrected chi connectivity index (χ2v) is 8.08. The third kappa shape index (κ3) is 4.08. The van der Waals surface area contributed by atoms with Crippen molar-refractivity contribution in [2.75, 3.05) is 18.2 Å². The number of nitrogens with one attached hydrogen (secondary N) is 1. The van der Waals surface area contributed by atoms with Crippen LogP contribution in [-0.2, 0) is 9.84 Å². The van der Waals surface area contributed by atoms with E-state index in [1.54, 1.807) is 24.3 Å². The number of hydrogen-bond acceptors (Lipinski definition) is 7. The highest BCUT2D eigenvalue weighted by Crippen LogP contribution is 2.29. The lowest BCUT2D eigenvalue weighted by Crippen LogP contribution is -2.18. The molecule has 0 atom stereocenters. The fourth-order valence-corrected chi connectivity index (χ4v) is 4.27. The minimum Gasteiger partial charge on any atom is -0.497 e. The Morgan fingerprint density at radius 2 is 1.73 bits per heavy atom. The lowest BCUT2D eigenvalue weighted by Gasteiger charge is -2.14. The first kappa shape index (κ1) is 20.8. The highest BCUT2D eigenvalue weighted by Gasteiger charge is 2.27. The Labute approximate surface area is 172 Å². The molecule has 1 amide bonds. The van der Waals surface area contributed by atoms with Crippen molar-refractivity contribution in [3.63, 3.8) is 0 Å². The minimum atomic E-state index is -4.17. The molecule has 0 saturated carbocycles. The number of hydrogen-bond donors (Lipinski definition) is 2. The van der Waals surface area contributed by atoms with E-state index in [4.69, 9.17) is 10.5 Å². The zero-order chi connectivity index (χ0) is 21.9. The first-order chi connectivity index (χ1) is 14.2. The van der Waals surface area contributed by atoms with E-state index < -0.39 is 20.7 Å². The molecule has 0 aromatic heterocycles. The summed E-state index contributed by atoms with van der Waals surface area (Å²) in [6, 6.07) is 15.0. The summed E-state index contributed by atoms with van der Waals surface area (Å²) in [4.78, 5) is 22.6. The average Bonchev–Trinajstić information content (AvgIpc) is 2.73. The van der Waals surface area contributed by atoms with E-state index in [1.165, 1.54) is 25.3 Å². The molecule has 0 aliphatic carbocycles. The largest absolute Gasteiger partial charge is 0.497 e. The summed E-state index contributed by atoms with van der Waals surface area (Å²) in [6.45, 7) is 0. The molecule has 3 aromatic carbocycles. The number of nitro benzene ring substituents is 1. The van der Waals surface area contributed by atoms with Crippen LogP contribution in [0, 0.1) is 10.1 Å². The molecule has 0 bridgehead atoms. The van der Waals surface area contributed by atoms with Crippen LogP contribution in [0.2, 0.25) is 0 Å². The van der Waals surface area contributed by atoms with Crippen LogP contribution in [0.4, 0.5) is 17.1 Å². The first-order valence-corrected chi connectivity index (χ1v) is 10.1. The van der Waals surface area contributed by atoms with Crippen LogP contribution in [0.5, 0.6) is 5.75 Å². The number of nitrogen functional groups attached to an aromatic ring is 1. The van der Waals surface area contributed by atoms with Crippen molar-refractivity contribution in [3.8, 4) is 5.75 Å². The Kier molecular flexibility index (Phi) is 5.70. The maximum absolute atomic E-state index is 13.1. The Hall–Kier alpha value is -3.92. The number of rotatable bonds is 6. The molecular weight excluding hydrogens is 410 g/mol. The lowest BCUT2D eigenvalue weighted by molar-refractivity contribution is -0.384. The van der Waals surface area contributed by atoms with Gasteiger partial charge in [0.1, 0.15) is 5.75 Å². The average molecular weight is 427 g/mol. The van der Waals surface area contributed by atoms with Gasteiger partial charge in [0.25, 0.3) is 11.6 Å². The fraction of sp³-hybridized carbons (Fsp3) is 0.0500. The first-order valence-electron chi connectivity index (χ1n) is 8.57. The molecule has 9 nitrogen and oxygen atoms in total. The smallest absolute Gasteiger partial charge is 0.269 e. The van der Waals surface area contributed by atoms with Gasteiger partial charge in [-0.1, -0.05) is 12.1 Å². The van der Waals surface area contributed by atoms with Crippen LogP contribution >= 0.6 is 0 Å². The summed E-state index contributed by atoms with van der Waals surface area (Å²) in [5.41, 5.74) is 5.82. The summed E-state index contributed by atoms with van der Waals surface area (Å²) in [5.74, 6) is -0.214. The molecule has 0 unspecified atom stereocenters. The molecular formula is C20H17N3O6S. The maximum atomic E-state index is 13.1. The van der Waals surface area contributed by atoms with E-state index in [0.717, 1.165) is 24.3 Å². The Bertz CT molecular complexity index is 1220. The lowest BCUT2D eigenvalue weighted by atomic mass is 10.1. The molecule has 0 heterocycles. The fourth-order valence-electron chi connectivity index (χ4n) is 2.78. The van der Waals surface area contributed by atoms with Crippen LogP contribution in [0.3, 0.4) is 0 Å². The summed E-state index contributed by atoms with van der Waals surface area (Å²) in [7, 11) is -2.70. The molecule has 0 aliphatic rings. The zero-order valence-electron chi connectivity index (χ0n) is 15.7. The van der Waals surface area contributed by atoms with Gasteiger partial charge >= 0.3 is 0 Å². The minimum absolute atomic E-state index is 0.0293. The van der Waals surface area contributed by atoms with Gasteiger partial charge in [0.2, 0.25) is 9.84 Å². The second-order valence-electron chi connectivity index (χ2n) is 6.16. The van der Waals surface area contributed by atoms with Crippen LogP contribution in [0.25, 0.3) is 0 Å². The van der Waals surface area contributed by atoms with E-state index in [1.807, 2.05) is 0 Å². The van der Waals surface area contributed by atoms with Crippen molar-refractivity contribution in [1.82, 2.24) is 0 Å². The van der Waals surface area contributed by atoms with E-state index in [9.17, 15) is 23.3 Å². The summed E-state index contributed by atoms with van der Waals surface area (Å²) >= 11 is 0. The number of nitro groups is 1. The third-order valence-electron chi connectivity index (χ3n) is 4.26. The third-order valence-corrected chi connectivity index (χ3v) is 6.07. The molecule has 0 spiro atoms. The van der Waals surface area contributed by atoms with Crippen LogP contribution in [0.1, 0.15) is 10.4 Å². The molecule has 0 radical (unpaired) electrons. The predicted molar refractivity (Wildman–Crippen MR) is 110 cm³/mol. The maximum Gasteiger partial charge on any atom is 0.269 e. The normalized spacial score (nSPS) is 11.0. The number of carbonyl (C=O) groups is 1. The number of non-ortho nitro benzene ring substituents is 1. The van der Waals surface area contributed by atoms with Crippen molar-refractivity contribution in [2.45, 2.75) is 9.79 Å². The number of sulfone groups is 1. The van der Waals surface area contributed by atoms with Crippen LogP contribution < -0.4 is 15.8 Å². The predicted octanol–water partition coefficient (Wildman–Crippen LogP) is 3.27. The molecule has 0 saturated heterocycles. The Morgan fingerprint density at radius 1 is 1.07 bits per heavy atom. The number of nitrogens with zero attached hydrogens (tertiary/aromatic N) is 1. The topological polar surface area (TPSA) is 142 Å². The van der Waals surface area contributed by atoms with Crippen molar-refractivity contribution in [2.24, 2.45) is 0 Å². The van der Waals surface area contributed by atoms with Gasteiger partial charge in [-0.3, -0.25) is 14.9 Å². The van der Waals surface area contributed by atoms with Crippen LogP contribution in [-0.4, -0.2) is 26.4 Å². The van der Waals surface area contributed by atoms with Gasteiger partial charge in [-0.25, -0.2) is 8.42 Å². The van der Waals surface area contributed by atoms with Crippen molar-refractivity contribution in [1.29, 1.82) is 0 Å². The van der Waals surface area contributed by atoms with Gasteiger partial charge in [0.15, 0.2) is 0 Å². The van der Waals surface area contributed by atoms with E-state index in [-0.39, 0.29) is 26.7 Å². The highest BCUT2D eigenvalue weighted by atomic mass is 32.2. The monoisotopic (exact) mass is 427 g/mol. The number of methoxy groups -OCH3 is 1. The molecule has 0 aliphatic heterocycles. The molecule has 0 fully saturated rings. The SMILES string of the molecule is COc1cccc(NC(=O)c2c(N)cccc2S(=O)(=O)c2ccc([N+](=O)[O-])cc2)c1. The van der Waals surface area contributed by atoms with Gasteiger partial charge in [-0.05, 0) is 36.4 Å². The molecule has 30 heavy (non-hydrogen) atoms. The van der Waals surface area contributed by atoms with Gasteiger partial charge in [0.05, 0.1) is 27.4 Å². The van der Waals surface area contributed by atoms with Gasteiger partial charge < -0.3 is 15.8 Å². The molecule has 3 N–H and O–H groups in total. The van der Waals surface area contributed by atoms with Gasteiger partial charge in [0, 0.05) is 29.6 Å². The molecule has 10 heteroatoms. The highest BCUT2D eigenvalue weighted by molar-refractivity contribution is 7.91. The van der Waals surface area contributed by atoms with E-state index in [0.29, 0.717) is 11.4 Å². The number of ether oxygens (including phenoxy) is 1. The molecule has 3 aromatic rings. The summed E-state index contributed by atoms with van der Waals surface area (Å²) < 4.78 is 31.3. The summed E-state index contributed by atoms with van der Waals surface area (Å²) in [5, 5.41) is 13.4. The van der Waals surface area contributed by atoms with Gasteiger partial charge in [-0.15, -0.1) is 0 Å². The Morgan fingerprint density at radius 3 is 2.37 bits per heavy atom. The number of nitrogens with two attached hydrogens (primary N) is 1. The van der Waals surface area contributed by atoms with Crippen molar-refractivity contribution in [3.05, 3.63) is 82.4 Å². The number of amides is 1.